The molecule has 0 radical (unpaired) electrons. The van der Waals surface area contributed by atoms with E-state index in [-0.39, 0.29) is 18.1 Å². The van der Waals surface area contributed by atoms with E-state index in [0.717, 1.165) is 44.0 Å². The Morgan fingerprint density at radius 1 is 1.07 bits per heavy atom. The van der Waals surface area contributed by atoms with Gasteiger partial charge in [-0.3, -0.25) is 9.69 Å². The van der Waals surface area contributed by atoms with Gasteiger partial charge in [-0.25, -0.2) is 0 Å². The zero-order valence-electron chi connectivity index (χ0n) is 16.8. The number of carbonyl (C=O) groups excluding carboxylic acids is 1. The minimum Gasteiger partial charge on any atom is -0.379 e. The molecule has 0 bridgehead atoms. The fourth-order valence-corrected chi connectivity index (χ4v) is 3.22. The first-order chi connectivity index (χ1) is 13.6. The molecule has 1 heterocycles. The quantitative estimate of drug-likeness (QED) is 0.760. The van der Waals surface area contributed by atoms with E-state index in [1.807, 2.05) is 56.3 Å². The van der Waals surface area contributed by atoms with Crippen LogP contribution in [0.5, 0.6) is 0 Å². The number of ether oxygens (including phenoxy) is 2. The van der Waals surface area contributed by atoms with Gasteiger partial charge in [-0.05, 0) is 37.1 Å². The summed E-state index contributed by atoms with van der Waals surface area (Å²) in [6.45, 7) is 8.64. The molecule has 1 aliphatic rings. The molecule has 2 aromatic carbocycles. The van der Waals surface area contributed by atoms with E-state index in [0.29, 0.717) is 12.2 Å². The third-order valence-electron chi connectivity index (χ3n) is 4.85. The molecule has 2 aromatic rings. The molecule has 0 unspecified atom stereocenters. The highest BCUT2D eigenvalue weighted by Gasteiger charge is 2.20. The lowest BCUT2D eigenvalue weighted by Gasteiger charge is -2.31. The van der Waals surface area contributed by atoms with Crippen molar-refractivity contribution in [2.24, 2.45) is 0 Å². The van der Waals surface area contributed by atoms with Gasteiger partial charge in [0.2, 0.25) is 0 Å². The number of nitrogens with zero attached hydrogens (tertiary/aromatic N) is 1. The number of carbonyl (C=O) groups is 1. The van der Waals surface area contributed by atoms with Crippen molar-refractivity contribution in [2.75, 3.05) is 32.8 Å². The predicted molar refractivity (Wildman–Crippen MR) is 110 cm³/mol. The zero-order valence-corrected chi connectivity index (χ0v) is 16.8. The number of nitrogens with one attached hydrogen (secondary N) is 1. The summed E-state index contributed by atoms with van der Waals surface area (Å²) in [6.07, 6.45) is 0.190. The lowest BCUT2D eigenvalue weighted by molar-refractivity contribution is 0.0332. The van der Waals surface area contributed by atoms with Gasteiger partial charge in [-0.1, -0.05) is 42.5 Å². The van der Waals surface area contributed by atoms with Crippen molar-refractivity contribution in [1.29, 1.82) is 0 Å². The maximum absolute atomic E-state index is 12.9. The van der Waals surface area contributed by atoms with Gasteiger partial charge in [0, 0.05) is 25.2 Å². The van der Waals surface area contributed by atoms with Crippen LogP contribution in [0.15, 0.2) is 54.6 Å². The number of rotatable bonds is 8. The van der Waals surface area contributed by atoms with Crippen molar-refractivity contribution in [1.82, 2.24) is 10.2 Å². The Hall–Kier alpha value is -2.21. The average molecular weight is 383 g/mol. The van der Waals surface area contributed by atoms with E-state index in [2.05, 4.69) is 22.3 Å². The monoisotopic (exact) mass is 382 g/mol. The third-order valence-corrected chi connectivity index (χ3v) is 4.85. The predicted octanol–water partition coefficient (Wildman–Crippen LogP) is 3.41. The Balaban J connectivity index is 1.66. The molecule has 1 amide bonds. The zero-order chi connectivity index (χ0) is 19.8. The van der Waals surface area contributed by atoms with Crippen molar-refractivity contribution in [3.05, 3.63) is 71.3 Å². The number of hydrogen-bond acceptors (Lipinski definition) is 4. The molecule has 0 aromatic heterocycles. The Bertz CT molecular complexity index is 725. The Kier molecular flexibility index (Phi) is 7.60. The van der Waals surface area contributed by atoms with Crippen molar-refractivity contribution in [3.63, 3.8) is 0 Å². The summed E-state index contributed by atoms with van der Waals surface area (Å²) in [4.78, 5) is 15.2. The van der Waals surface area contributed by atoms with Crippen molar-refractivity contribution in [3.8, 4) is 0 Å². The number of benzene rings is 2. The van der Waals surface area contributed by atoms with E-state index in [9.17, 15) is 4.79 Å². The molecule has 1 fully saturated rings. The molecule has 0 saturated carbocycles. The molecule has 1 saturated heterocycles. The van der Waals surface area contributed by atoms with E-state index < -0.39 is 0 Å². The van der Waals surface area contributed by atoms with Gasteiger partial charge < -0.3 is 14.8 Å². The SMILES string of the molecule is CC(C)OCc1ccc(C(=O)N[C@@H](CN2CCOCC2)c2ccccc2)cc1. The van der Waals surface area contributed by atoms with Gasteiger partial charge >= 0.3 is 0 Å². The average Bonchev–Trinajstić information content (AvgIpc) is 2.73. The van der Waals surface area contributed by atoms with Gasteiger partial charge in [0.1, 0.15) is 0 Å². The molecule has 1 atom stereocenters. The van der Waals surface area contributed by atoms with Gasteiger partial charge in [0.25, 0.3) is 5.91 Å². The van der Waals surface area contributed by atoms with Crippen LogP contribution < -0.4 is 5.32 Å². The summed E-state index contributed by atoms with van der Waals surface area (Å²) in [5.74, 6) is -0.0570. The second kappa shape index (κ2) is 10.4. The second-order valence-corrected chi connectivity index (χ2v) is 7.41. The van der Waals surface area contributed by atoms with Crippen LogP contribution in [0.4, 0.5) is 0 Å². The highest BCUT2D eigenvalue weighted by atomic mass is 16.5. The molecule has 5 heteroatoms. The van der Waals surface area contributed by atoms with E-state index in [4.69, 9.17) is 9.47 Å². The molecule has 0 aliphatic carbocycles. The molecule has 150 valence electrons. The highest BCUT2D eigenvalue weighted by Crippen LogP contribution is 2.17. The molecule has 0 spiro atoms. The lowest BCUT2D eigenvalue weighted by Crippen LogP contribution is -2.43. The molecular weight excluding hydrogens is 352 g/mol. The summed E-state index contributed by atoms with van der Waals surface area (Å²) < 4.78 is 11.1. The Morgan fingerprint density at radius 3 is 2.39 bits per heavy atom. The first-order valence-corrected chi connectivity index (χ1v) is 9.98. The van der Waals surface area contributed by atoms with Gasteiger partial charge in [-0.15, -0.1) is 0 Å². The summed E-state index contributed by atoms with van der Waals surface area (Å²) in [5.41, 5.74) is 2.85. The largest absolute Gasteiger partial charge is 0.379 e. The first kappa shape index (κ1) is 20.5. The molecule has 1 N–H and O–H groups in total. The molecule has 3 rings (SSSR count). The molecule has 1 aliphatic heterocycles. The van der Waals surface area contributed by atoms with Crippen LogP contribution in [0.3, 0.4) is 0 Å². The fourth-order valence-electron chi connectivity index (χ4n) is 3.22. The fraction of sp³-hybridized carbons (Fsp3) is 0.435. The first-order valence-electron chi connectivity index (χ1n) is 9.98. The van der Waals surface area contributed by atoms with Crippen LogP contribution >= 0.6 is 0 Å². The van der Waals surface area contributed by atoms with Crippen LogP contribution in [0.2, 0.25) is 0 Å². The van der Waals surface area contributed by atoms with Crippen LogP contribution in [0, 0.1) is 0 Å². The van der Waals surface area contributed by atoms with Crippen molar-refractivity contribution in [2.45, 2.75) is 32.6 Å². The van der Waals surface area contributed by atoms with Crippen LogP contribution in [0.25, 0.3) is 0 Å². The maximum atomic E-state index is 12.9. The van der Waals surface area contributed by atoms with E-state index in [1.165, 1.54) is 0 Å². The van der Waals surface area contributed by atoms with Crippen LogP contribution in [-0.4, -0.2) is 49.8 Å². The molecular formula is C23H30N2O3. The summed E-state index contributed by atoms with van der Waals surface area (Å²) in [5, 5.41) is 3.21. The minimum absolute atomic E-state index is 0.0570. The van der Waals surface area contributed by atoms with E-state index in [1.54, 1.807) is 0 Å². The Morgan fingerprint density at radius 2 is 1.75 bits per heavy atom. The van der Waals surface area contributed by atoms with Gasteiger partial charge in [0.05, 0.1) is 32.0 Å². The Labute approximate surface area is 167 Å². The highest BCUT2D eigenvalue weighted by molar-refractivity contribution is 5.94. The van der Waals surface area contributed by atoms with Crippen LogP contribution in [0.1, 0.15) is 41.4 Å². The normalized spacial score (nSPS) is 16.1. The number of amides is 1. The second-order valence-electron chi connectivity index (χ2n) is 7.41. The van der Waals surface area contributed by atoms with Gasteiger partial charge in [0.15, 0.2) is 0 Å². The topological polar surface area (TPSA) is 50.8 Å². The van der Waals surface area contributed by atoms with Gasteiger partial charge in [-0.2, -0.15) is 0 Å². The van der Waals surface area contributed by atoms with Crippen molar-refractivity contribution < 1.29 is 14.3 Å². The van der Waals surface area contributed by atoms with E-state index >= 15 is 0 Å². The summed E-state index contributed by atoms with van der Waals surface area (Å²) in [6, 6.07) is 17.7. The smallest absolute Gasteiger partial charge is 0.251 e. The van der Waals surface area contributed by atoms with Crippen molar-refractivity contribution >= 4 is 5.91 Å². The standard InChI is InChI=1S/C23H30N2O3/c1-18(2)28-17-19-8-10-21(11-9-19)23(26)24-22(20-6-4-3-5-7-20)16-25-12-14-27-15-13-25/h3-11,18,22H,12-17H2,1-2H3,(H,24,26)/t22-/m0/s1. The summed E-state index contributed by atoms with van der Waals surface area (Å²) in [7, 11) is 0. The lowest BCUT2D eigenvalue weighted by atomic mass is 10.0. The maximum Gasteiger partial charge on any atom is 0.251 e. The molecule has 5 nitrogen and oxygen atoms in total. The third kappa shape index (κ3) is 6.16. The number of morpholine rings is 1. The molecule has 28 heavy (non-hydrogen) atoms. The minimum atomic E-state index is -0.0595. The van der Waals surface area contributed by atoms with Crippen LogP contribution in [-0.2, 0) is 16.1 Å². The summed E-state index contributed by atoms with van der Waals surface area (Å²) >= 11 is 0. The number of hydrogen-bond donors (Lipinski definition) is 1.